The second-order valence-corrected chi connectivity index (χ2v) is 7.14. The summed E-state index contributed by atoms with van der Waals surface area (Å²) in [5, 5.41) is 10.7. The minimum Gasteiger partial charge on any atom is -0.381 e. The molecule has 0 saturated carbocycles. The van der Waals surface area contributed by atoms with Gasteiger partial charge in [-0.05, 0) is 46.0 Å². The third-order valence-electron chi connectivity index (χ3n) is 5.19. The number of pyridine rings is 1. The summed E-state index contributed by atoms with van der Waals surface area (Å²) >= 11 is 0. The molecule has 0 atom stereocenters. The van der Waals surface area contributed by atoms with E-state index >= 15 is 0 Å². The highest BCUT2D eigenvalue weighted by atomic mass is 16.5. The lowest BCUT2D eigenvalue weighted by molar-refractivity contribution is 0.0845. The molecule has 7 nitrogen and oxygen atoms in total. The van der Waals surface area contributed by atoms with E-state index in [9.17, 15) is 0 Å². The molecular formula is C20H32N6O. The van der Waals surface area contributed by atoms with Gasteiger partial charge in [-0.2, -0.15) is 5.10 Å². The number of aromatic amines is 1. The van der Waals surface area contributed by atoms with Crippen molar-refractivity contribution in [3.63, 3.8) is 0 Å². The van der Waals surface area contributed by atoms with E-state index in [-0.39, 0.29) is 0 Å². The highest BCUT2D eigenvalue weighted by molar-refractivity contribution is 5.63. The largest absolute Gasteiger partial charge is 0.381 e. The fourth-order valence-electron chi connectivity index (χ4n) is 3.66. The number of nitrogens with zero attached hydrogens (tertiary/aromatic N) is 4. The normalized spacial score (nSPS) is 15.4. The average molecular weight is 373 g/mol. The number of ether oxygens (including phenoxy) is 1. The first-order valence-electron chi connectivity index (χ1n) is 9.89. The zero-order valence-electron chi connectivity index (χ0n) is 16.7. The van der Waals surface area contributed by atoms with E-state index in [2.05, 4.69) is 51.4 Å². The SMILES string of the molecule is CCN(c1ccc(-c2n[nH]cc2CN(C)CCNC)cn1)C1CCOCC1. The van der Waals surface area contributed by atoms with Crippen LogP contribution >= 0.6 is 0 Å². The van der Waals surface area contributed by atoms with E-state index in [1.54, 1.807) is 0 Å². The van der Waals surface area contributed by atoms with Crippen LogP contribution in [-0.4, -0.2) is 73.1 Å². The predicted octanol–water partition coefficient (Wildman–Crippen LogP) is 2.13. The molecule has 0 radical (unpaired) electrons. The van der Waals surface area contributed by atoms with Gasteiger partial charge in [-0.25, -0.2) is 4.98 Å². The molecule has 1 fully saturated rings. The number of aromatic nitrogens is 3. The van der Waals surface area contributed by atoms with Crippen LogP contribution in [0.2, 0.25) is 0 Å². The maximum atomic E-state index is 5.50. The van der Waals surface area contributed by atoms with Gasteiger partial charge in [0.2, 0.25) is 0 Å². The van der Waals surface area contributed by atoms with Crippen LogP contribution < -0.4 is 10.2 Å². The van der Waals surface area contributed by atoms with Crippen LogP contribution in [0.3, 0.4) is 0 Å². The summed E-state index contributed by atoms with van der Waals surface area (Å²) in [4.78, 5) is 9.44. The molecule has 1 aliphatic heterocycles. The Morgan fingerprint density at radius 3 is 2.78 bits per heavy atom. The Hall–Kier alpha value is -1.96. The molecule has 148 valence electrons. The molecule has 1 saturated heterocycles. The van der Waals surface area contributed by atoms with Gasteiger partial charge in [0.25, 0.3) is 0 Å². The molecular weight excluding hydrogens is 340 g/mol. The molecule has 2 aromatic heterocycles. The summed E-state index contributed by atoms with van der Waals surface area (Å²) in [5.74, 6) is 1.04. The first-order chi connectivity index (χ1) is 13.2. The van der Waals surface area contributed by atoms with Gasteiger partial charge in [-0.1, -0.05) is 0 Å². The summed E-state index contributed by atoms with van der Waals surface area (Å²) in [5.41, 5.74) is 3.24. The summed E-state index contributed by atoms with van der Waals surface area (Å²) in [7, 11) is 4.10. The van der Waals surface area contributed by atoms with Crippen LogP contribution in [0, 0.1) is 0 Å². The number of anilines is 1. The topological polar surface area (TPSA) is 69.3 Å². The monoisotopic (exact) mass is 372 g/mol. The van der Waals surface area contributed by atoms with Gasteiger partial charge in [0.1, 0.15) is 5.82 Å². The van der Waals surface area contributed by atoms with Crippen molar-refractivity contribution in [1.82, 2.24) is 25.4 Å². The zero-order chi connectivity index (χ0) is 19.1. The Kier molecular flexibility index (Phi) is 7.20. The highest BCUT2D eigenvalue weighted by Gasteiger charge is 2.21. The van der Waals surface area contributed by atoms with E-state index in [1.807, 2.05) is 19.4 Å². The fourth-order valence-corrected chi connectivity index (χ4v) is 3.66. The second-order valence-electron chi connectivity index (χ2n) is 7.14. The Bertz CT molecular complexity index is 680. The minimum absolute atomic E-state index is 0.517. The first kappa shape index (κ1) is 19.8. The molecule has 0 unspecified atom stereocenters. The van der Waals surface area contributed by atoms with Crippen LogP contribution in [0.1, 0.15) is 25.3 Å². The van der Waals surface area contributed by atoms with Crippen LogP contribution in [0.25, 0.3) is 11.3 Å². The number of H-pyrrole nitrogens is 1. The minimum atomic E-state index is 0.517. The maximum absolute atomic E-state index is 5.50. The van der Waals surface area contributed by atoms with Crippen molar-refractivity contribution in [3.05, 3.63) is 30.1 Å². The quantitative estimate of drug-likeness (QED) is 0.703. The van der Waals surface area contributed by atoms with Crippen LogP contribution in [0.4, 0.5) is 5.82 Å². The number of rotatable bonds is 9. The van der Waals surface area contributed by atoms with Crippen LogP contribution in [0.5, 0.6) is 0 Å². The van der Waals surface area contributed by atoms with Gasteiger partial charge in [0.05, 0.1) is 5.69 Å². The van der Waals surface area contributed by atoms with Crippen molar-refractivity contribution >= 4 is 5.82 Å². The lowest BCUT2D eigenvalue weighted by atomic mass is 10.1. The highest BCUT2D eigenvalue weighted by Crippen LogP contribution is 2.25. The van der Waals surface area contributed by atoms with E-state index in [0.29, 0.717) is 6.04 Å². The van der Waals surface area contributed by atoms with Crippen molar-refractivity contribution in [2.24, 2.45) is 0 Å². The van der Waals surface area contributed by atoms with Crippen molar-refractivity contribution in [2.75, 3.05) is 51.8 Å². The lowest BCUT2D eigenvalue weighted by Crippen LogP contribution is -2.39. The maximum Gasteiger partial charge on any atom is 0.128 e. The molecule has 0 bridgehead atoms. The third-order valence-corrected chi connectivity index (χ3v) is 5.19. The zero-order valence-corrected chi connectivity index (χ0v) is 16.7. The van der Waals surface area contributed by atoms with Crippen molar-refractivity contribution < 1.29 is 4.74 Å². The van der Waals surface area contributed by atoms with Crippen molar-refractivity contribution in [2.45, 2.75) is 32.4 Å². The Morgan fingerprint density at radius 2 is 2.11 bits per heavy atom. The molecule has 3 rings (SSSR count). The lowest BCUT2D eigenvalue weighted by Gasteiger charge is -2.34. The van der Waals surface area contributed by atoms with Gasteiger partial charge < -0.3 is 19.9 Å². The molecule has 0 aliphatic carbocycles. The van der Waals surface area contributed by atoms with Gasteiger partial charge in [-0.3, -0.25) is 5.10 Å². The summed E-state index contributed by atoms with van der Waals surface area (Å²) in [6.07, 6.45) is 6.07. The predicted molar refractivity (Wildman–Crippen MR) is 109 cm³/mol. The molecule has 27 heavy (non-hydrogen) atoms. The Balaban J connectivity index is 1.71. The Labute approximate surface area is 162 Å². The first-order valence-corrected chi connectivity index (χ1v) is 9.89. The molecule has 1 aliphatic rings. The second kappa shape index (κ2) is 9.82. The van der Waals surface area contributed by atoms with Crippen LogP contribution in [-0.2, 0) is 11.3 Å². The van der Waals surface area contributed by atoms with E-state index in [1.165, 1.54) is 5.56 Å². The number of nitrogens with one attached hydrogen (secondary N) is 2. The van der Waals surface area contributed by atoms with Gasteiger partial charge in [-0.15, -0.1) is 0 Å². The van der Waals surface area contributed by atoms with Crippen LogP contribution in [0.15, 0.2) is 24.5 Å². The average Bonchev–Trinajstić information content (AvgIpc) is 3.16. The fraction of sp³-hybridized carbons (Fsp3) is 0.600. The molecule has 2 N–H and O–H groups in total. The van der Waals surface area contributed by atoms with Gasteiger partial charge in [0.15, 0.2) is 0 Å². The number of hydrogen-bond donors (Lipinski definition) is 2. The Morgan fingerprint density at radius 1 is 1.30 bits per heavy atom. The summed E-state index contributed by atoms with van der Waals surface area (Å²) < 4.78 is 5.50. The molecule has 7 heteroatoms. The smallest absolute Gasteiger partial charge is 0.128 e. The van der Waals surface area contributed by atoms with Crippen molar-refractivity contribution in [1.29, 1.82) is 0 Å². The standard InChI is InChI=1S/C20H32N6O/c1-4-26(18-7-11-27-12-8-18)19-6-5-16(13-22-19)20-17(14-23-24-20)15-25(3)10-9-21-2/h5-6,13-14,18,21H,4,7-12,15H2,1-3H3,(H,23,24). The van der Waals surface area contributed by atoms with Gasteiger partial charge >= 0.3 is 0 Å². The summed E-state index contributed by atoms with van der Waals surface area (Å²) in [6.45, 7) is 7.67. The molecule has 0 spiro atoms. The molecule has 2 aromatic rings. The third kappa shape index (κ3) is 5.06. The van der Waals surface area contributed by atoms with Gasteiger partial charge in [0, 0.05) is 69.0 Å². The number of hydrogen-bond acceptors (Lipinski definition) is 6. The van der Waals surface area contributed by atoms with Crippen molar-refractivity contribution in [3.8, 4) is 11.3 Å². The molecule has 3 heterocycles. The van der Waals surface area contributed by atoms with E-state index in [0.717, 1.165) is 69.3 Å². The summed E-state index contributed by atoms with van der Waals surface area (Å²) in [6, 6.07) is 4.78. The van der Waals surface area contributed by atoms with E-state index in [4.69, 9.17) is 9.72 Å². The molecule has 0 aromatic carbocycles. The number of likely N-dealkylation sites (N-methyl/N-ethyl adjacent to an activating group) is 2. The van der Waals surface area contributed by atoms with E-state index < -0.39 is 0 Å². The molecule has 0 amide bonds.